The zero-order valence-electron chi connectivity index (χ0n) is 10.5. The van der Waals surface area contributed by atoms with Crippen LogP contribution in [0.25, 0.3) is 0 Å². The Bertz CT molecular complexity index is 419. The molecule has 88 valence electrons. The molecule has 5 nitrogen and oxygen atoms in total. The van der Waals surface area contributed by atoms with Gasteiger partial charge in [0.2, 0.25) is 0 Å². The van der Waals surface area contributed by atoms with Crippen LogP contribution in [0.4, 0.5) is 0 Å². The van der Waals surface area contributed by atoms with Gasteiger partial charge >= 0.3 is 0 Å². The summed E-state index contributed by atoms with van der Waals surface area (Å²) in [6.45, 7) is 8.55. The maximum absolute atomic E-state index is 12.1. The summed E-state index contributed by atoms with van der Waals surface area (Å²) in [5, 5.41) is 11.6. The first-order valence-corrected chi connectivity index (χ1v) is 5.52. The van der Waals surface area contributed by atoms with Crippen molar-refractivity contribution < 1.29 is 4.79 Å². The van der Waals surface area contributed by atoms with E-state index >= 15 is 0 Å². The molecule has 0 amide bonds. The second-order valence-electron chi connectivity index (χ2n) is 5.71. The van der Waals surface area contributed by atoms with E-state index in [4.69, 9.17) is 0 Å². The number of aryl methyl sites for hydroxylation is 1. The van der Waals surface area contributed by atoms with Crippen LogP contribution < -0.4 is 0 Å². The Morgan fingerprint density at radius 1 is 1.31 bits per heavy atom. The lowest BCUT2D eigenvalue weighted by atomic mass is 10.0. The summed E-state index contributed by atoms with van der Waals surface area (Å²) in [5.74, 6) is 0.859. The highest BCUT2D eigenvalue weighted by molar-refractivity contribution is 5.87. The molecule has 0 saturated heterocycles. The first-order valence-electron chi connectivity index (χ1n) is 5.52. The van der Waals surface area contributed by atoms with E-state index in [1.807, 2.05) is 0 Å². The quantitative estimate of drug-likeness (QED) is 0.765. The molecule has 1 aliphatic carbocycles. The molecule has 0 aliphatic heterocycles. The predicted octanol–water partition coefficient (Wildman–Crippen LogP) is 1.00. The third-order valence-corrected chi connectivity index (χ3v) is 4.22. The van der Waals surface area contributed by atoms with Crippen molar-refractivity contribution >= 4 is 5.78 Å². The number of tetrazole rings is 1. The number of aromatic nitrogens is 4. The van der Waals surface area contributed by atoms with Gasteiger partial charge in [-0.05, 0) is 16.0 Å². The summed E-state index contributed by atoms with van der Waals surface area (Å²) in [5.41, 5.74) is 0.179. The van der Waals surface area contributed by atoms with Gasteiger partial charge < -0.3 is 0 Å². The molecule has 16 heavy (non-hydrogen) atoms. The van der Waals surface area contributed by atoms with Gasteiger partial charge in [-0.15, -0.1) is 10.2 Å². The van der Waals surface area contributed by atoms with Gasteiger partial charge in [0.05, 0.1) is 13.5 Å². The molecule has 0 N–H and O–H groups in total. The average Bonchev–Trinajstić information content (AvgIpc) is 2.44. The van der Waals surface area contributed by atoms with Crippen LogP contribution in [-0.4, -0.2) is 26.0 Å². The molecular formula is C11H18N4O. The Balaban J connectivity index is 2.06. The number of ketones is 1. The smallest absolute Gasteiger partial charge is 0.182 e. The Kier molecular flexibility index (Phi) is 2.19. The number of carbonyl (C=O) groups is 1. The molecule has 0 atom stereocenters. The number of carbonyl (C=O) groups excluding carboxylic acids is 1. The van der Waals surface area contributed by atoms with E-state index in [-0.39, 0.29) is 22.5 Å². The summed E-state index contributed by atoms with van der Waals surface area (Å²) in [7, 11) is 1.70. The summed E-state index contributed by atoms with van der Waals surface area (Å²) >= 11 is 0. The maximum atomic E-state index is 12.1. The summed E-state index contributed by atoms with van der Waals surface area (Å²) in [6.07, 6.45) is 0.297. The lowest BCUT2D eigenvalue weighted by molar-refractivity contribution is -0.120. The molecule has 1 aromatic rings. The van der Waals surface area contributed by atoms with E-state index < -0.39 is 0 Å². The minimum absolute atomic E-state index is 0.0896. The van der Waals surface area contributed by atoms with Crippen LogP contribution >= 0.6 is 0 Å². The monoisotopic (exact) mass is 222 g/mol. The van der Waals surface area contributed by atoms with Crippen molar-refractivity contribution in [3.63, 3.8) is 0 Å². The van der Waals surface area contributed by atoms with E-state index in [1.54, 1.807) is 7.05 Å². The predicted molar refractivity (Wildman–Crippen MR) is 58.6 cm³/mol. The van der Waals surface area contributed by atoms with Crippen molar-refractivity contribution in [3.05, 3.63) is 5.82 Å². The van der Waals surface area contributed by atoms with Crippen molar-refractivity contribution in [2.24, 2.45) is 23.8 Å². The highest BCUT2D eigenvalue weighted by Gasteiger charge is 2.67. The first-order chi connectivity index (χ1) is 7.26. The van der Waals surface area contributed by atoms with Gasteiger partial charge in [-0.25, -0.2) is 0 Å². The molecule has 1 fully saturated rings. The number of rotatable bonds is 3. The van der Waals surface area contributed by atoms with Gasteiger partial charge in [-0.2, -0.15) is 4.80 Å². The highest BCUT2D eigenvalue weighted by Crippen LogP contribution is 2.68. The number of Topliss-reactive ketones (excluding diaryl/α,β-unsaturated/α-hetero) is 1. The van der Waals surface area contributed by atoms with Gasteiger partial charge in [0, 0.05) is 5.92 Å². The van der Waals surface area contributed by atoms with Crippen LogP contribution in [0, 0.1) is 16.7 Å². The Morgan fingerprint density at radius 2 is 1.88 bits per heavy atom. The van der Waals surface area contributed by atoms with E-state index in [2.05, 4.69) is 43.1 Å². The van der Waals surface area contributed by atoms with E-state index in [0.29, 0.717) is 12.2 Å². The van der Waals surface area contributed by atoms with Crippen molar-refractivity contribution in [2.45, 2.75) is 34.1 Å². The zero-order valence-corrected chi connectivity index (χ0v) is 10.5. The Hall–Kier alpha value is -1.26. The summed E-state index contributed by atoms with van der Waals surface area (Å²) in [6, 6.07) is 0. The van der Waals surface area contributed by atoms with Gasteiger partial charge in [0.25, 0.3) is 0 Å². The molecule has 1 aliphatic rings. The third-order valence-electron chi connectivity index (χ3n) is 4.22. The molecule has 2 rings (SSSR count). The molecule has 0 radical (unpaired) electrons. The molecule has 0 aromatic carbocycles. The molecule has 1 heterocycles. The maximum Gasteiger partial charge on any atom is 0.182 e. The largest absolute Gasteiger partial charge is 0.299 e. The van der Waals surface area contributed by atoms with Crippen molar-refractivity contribution in [1.82, 2.24) is 20.2 Å². The summed E-state index contributed by atoms with van der Waals surface area (Å²) < 4.78 is 0. The van der Waals surface area contributed by atoms with Crippen molar-refractivity contribution in [2.75, 3.05) is 0 Å². The fourth-order valence-corrected chi connectivity index (χ4v) is 2.65. The Labute approximate surface area is 95.2 Å². The standard InChI is InChI=1S/C11H18N4O/c1-10(2)9(11(10,3)4)7(16)6-8-12-14-15(5)13-8/h9H,6H2,1-5H3. The molecule has 5 heteroatoms. The third kappa shape index (κ3) is 1.45. The number of hydrogen-bond donors (Lipinski definition) is 0. The molecule has 0 bridgehead atoms. The Morgan fingerprint density at radius 3 is 2.25 bits per heavy atom. The SMILES string of the molecule is Cn1nnc(CC(=O)C2C(C)(C)C2(C)C)n1. The van der Waals surface area contributed by atoms with E-state index in [0.717, 1.165) is 0 Å². The van der Waals surface area contributed by atoms with Gasteiger partial charge in [0.15, 0.2) is 5.82 Å². The van der Waals surface area contributed by atoms with Gasteiger partial charge in [0.1, 0.15) is 5.78 Å². The van der Waals surface area contributed by atoms with Crippen LogP contribution in [0.2, 0.25) is 0 Å². The van der Waals surface area contributed by atoms with Crippen molar-refractivity contribution in [1.29, 1.82) is 0 Å². The second kappa shape index (κ2) is 3.12. The van der Waals surface area contributed by atoms with Crippen LogP contribution in [0.1, 0.15) is 33.5 Å². The van der Waals surface area contributed by atoms with E-state index in [1.165, 1.54) is 4.80 Å². The van der Waals surface area contributed by atoms with Crippen molar-refractivity contribution in [3.8, 4) is 0 Å². The molecular weight excluding hydrogens is 204 g/mol. The molecule has 1 saturated carbocycles. The van der Waals surface area contributed by atoms with E-state index in [9.17, 15) is 4.79 Å². The fraction of sp³-hybridized carbons (Fsp3) is 0.818. The minimum Gasteiger partial charge on any atom is -0.299 e. The minimum atomic E-state index is 0.0896. The van der Waals surface area contributed by atoms with Crippen LogP contribution in [-0.2, 0) is 18.3 Å². The molecule has 0 unspecified atom stereocenters. The zero-order chi connectivity index (χ0) is 12.1. The lowest BCUT2D eigenvalue weighted by Gasteiger charge is -2.03. The second-order valence-corrected chi connectivity index (χ2v) is 5.71. The number of hydrogen-bond acceptors (Lipinski definition) is 4. The molecule has 1 aromatic heterocycles. The van der Waals surface area contributed by atoms with Crippen LogP contribution in [0.15, 0.2) is 0 Å². The van der Waals surface area contributed by atoms with Gasteiger partial charge in [-0.3, -0.25) is 4.79 Å². The summed E-state index contributed by atoms with van der Waals surface area (Å²) in [4.78, 5) is 13.5. The van der Waals surface area contributed by atoms with Crippen LogP contribution in [0.5, 0.6) is 0 Å². The number of nitrogens with zero attached hydrogens (tertiary/aromatic N) is 4. The van der Waals surface area contributed by atoms with Gasteiger partial charge in [-0.1, -0.05) is 27.7 Å². The molecule has 0 spiro atoms. The van der Waals surface area contributed by atoms with Crippen LogP contribution in [0.3, 0.4) is 0 Å². The normalized spacial score (nSPS) is 22.1. The lowest BCUT2D eigenvalue weighted by Crippen LogP contribution is -2.11. The fourth-order valence-electron chi connectivity index (χ4n) is 2.65. The average molecular weight is 222 g/mol. The first kappa shape index (κ1) is 11.2. The topological polar surface area (TPSA) is 60.7 Å². The highest BCUT2D eigenvalue weighted by atomic mass is 16.1.